The molecule has 116 valence electrons. The van der Waals surface area contributed by atoms with Crippen LogP contribution in [0.1, 0.15) is 13.3 Å². The van der Waals surface area contributed by atoms with E-state index >= 15 is 0 Å². The van der Waals surface area contributed by atoms with E-state index in [-0.39, 0.29) is 6.61 Å². The molecule has 0 spiro atoms. The minimum Gasteiger partial charge on any atom is -0.481 e. The summed E-state index contributed by atoms with van der Waals surface area (Å²) in [6.45, 7) is 1.02. The summed E-state index contributed by atoms with van der Waals surface area (Å²) < 4.78 is 65.2. The molecule has 0 saturated carbocycles. The number of carboxylic acids is 1. The minimum absolute atomic E-state index is 0.277. The lowest BCUT2D eigenvalue weighted by Gasteiger charge is -2.21. The summed E-state index contributed by atoms with van der Waals surface area (Å²) in [7, 11) is 0. The normalized spacial score (nSPS) is 13.5. The van der Waals surface area contributed by atoms with Crippen molar-refractivity contribution in [2.24, 2.45) is 0 Å². The Kier molecular flexibility index (Phi) is 5.85. The molecule has 0 aliphatic rings. The second-order valence-electron chi connectivity index (χ2n) is 3.45. The highest BCUT2D eigenvalue weighted by Crippen LogP contribution is 2.35. The molecule has 0 aromatic carbocycles. The molecule has 1 atom stereocenters. The molecule has 0 aliphatic heterocycles. The minimum atomic E-state index is -6.17. The highest BCUT2D eigenvalue weighted by atomic mass is 19.4. The summed E-state index contributed by atoms with van der Waals surface area (Å²) >= 11 is 0. The lowest BCUT2D eigenvalue weighted by molar-refractivity contribution is -0.270. The van der Waals surface area contributed by atoms with Crippen LogP contribution in [0.2, 0.25) is 0 Å². The van der Waals surface area contributed by atoms with Crippen LogP contribution < -0.4 is 5.32 Å². The monoisotopic (exact) mass is 307 g/mol. The first-order valence-electron chi connectivity index (χ1n) is 5.07. The summed E-state index contributed by atoms with van der Waals surface area (Å²) in [5.41, 5.74) is 0. The number of hydrogen-bond donors (Lipinski definition) is 2. The number of carbonyl (C=O) groups is 3. The van der Waals surface area contributed by atoms with E-state index in [9.17, 15) is 36.3 Å². The van der Waals surface area contributed by atoms with Crippen LogP contribution in [0.3, 0.4) is 0 Å². The molecule has 0 aromatic heterocycles. The van der Waals surface area contributed by atoms with Crippen molar-refractivity contribution < 1.29 is 46.2 Å². The van der Waals surface area contributed by atoms with Crippen molar-refractivity contribution in [2.75, 3.05) is 6.61 Å². The maximum atomic E-state index is 12.6. The topological polar surface area (TPSA) is 92.7 Å². The van der Waals surface area contributed by atoms with Gasteiger partial charge in [0.25, 0.3) is 0 Å². The SMILES string of the molecule is CCOC(=O)[C@H](CC(=O)O)NC(=O)C(F)(F)C(F)(F)F. The number of hydrogen-bond acceptors (Lipinski definition) is 4. The molecule has 0 aromatic rings. The largest absolute Gasteiger partial charge is 0.481 e. The number of carbonyl (C=O) groups excluding carboxylic acids is 2. The maximum absolute atomic E-state index is 12.6. The summed E-state index contributed by atoms with van der Waals surface area (Å²) in [4.78, 5) is 32.4. The zero-order valence-corrected chi connectivity index (χ0v) is 9.96. The number of aliphatic carboxylic acids is 1. The summed E-state index contributed by atoms with van der Waals surface area (Å²) in [5.74, 6) is -11.7. The van der Waals surface area contributed by atoms with Gasteiger partial charge in [-0.05, 0) is 6.92 Å². The maximum Gasteiger partial charge on any atom is 0.463 e. The Morgan fingerprint density at radius 3 is 2.05 bits per heavy atom. The molecule has 0 aliphatic carbocycles. The van der Waals surface area contributed by atoms with Crippen molar-refractivity contribution in [3.63, 3.8) is 0 Å². The van der Waals surface area contributed by atoms with E-state index in [0.29, 0.717) is 0 Å². The van der Waals surface area contributed by atoms with Crippen molar-refractivity contribution >= 4 is 17.8 Å². The Labute approximate surface area is 108 Å². The third-order valence-electron chi connectivity index (χ3n) is 1.90. The molecular formula is C9H10F5NO5. The zero-order valence-electron chi connectivity index (χ0n) is 9.96. The fourth-order valence-corrected chi connectivity index (χ4v) is 0.988. The molecule has 0 radical (unpaired) electrons. The Morgan fingerprint density at radius 1 is 1.20 bits per heavy atom. The van der Waals surface area contributed by atoms with E-state index in [1.807, 2.05) is 0 Å². The molecule has 0 fully saturated rings. The third kappa shape index (κ3) is 4.63. The van der Waals surface area contributed by atoms with Gasteiger partial charge in [-0.15, -0.1) is 0 Å². The van der Waals surface area contributed by atoms with Crippen molar-refractivity contribution in [1.82, 2.24) is 5.32 Å². The lowest BCUT2D eigenvalue weighted by atomic mass is 10.2. The smallest absolute Gasteiger partial charge is 0.463 e. The van der Waals surface area contributed by atoms with Gasteiger partial charge in [-0.3, -0.25) is 9.59 Å². The molecule has 11 heteroatoms. The number of nitrogens with one attached hydrogen (secondary N) is 1. The molecule has 0 rings (SSSR count). The van der Waals surface area contributed by atoms with Gasteiger partial charge < -0.3 is 15.2 Å². The van der Waals surface area contributed by atoms with Gasteiger partial charge in [0, 0.05) is 0 Å². The first-order valence-corrected chi connectivity index (χ1v) is 5.07. The molecule has 2 N–H and O–H groups in total. The highest BCUT2D eigenvalue weighted by molar-refractivity contribution is 5.91. The van der Waals surface area contributed by atoms with Crippen LogP contribution >= 0.6 is 0 Å². The Morgan fingerprint density at radius 2 is 1.70 bits per heavy atom. The number of ether oxygens (including phenoxy) is 1. The highest BCUT2D eigenvalue weighted by Gasteiger charge is 2.63. The van der Waals surface area contributed by atoms with Gasteiger partial charge in [-0.25, -0.2) is 4.79 Å². The third-order valence-corrected chi connectivity index (χ3v) is 1.90. The van der Waals surface area contributed by atoms with E-state index in [4.69, 9.17) is 5.11 Å². The van der Waals surface area contributed by atoms with Crippen LogP contribution in [0, 0.1) is 0 Å². The van der Waals surface area contributed by atoms with E-state index in [2.05, 4.69) is 4.74 Å². The first-order chi connectivity index (χ1) is 8.93. The number of halogens is 5. The van der Waals surface area contributed by atoms with E-state index < -0.39 is 42.4 Å². The van der Waals surface area contributed by atoms with Gasteiger partial charge >= 0.3 is 29.9 Å². The number of rotatable bonds is 6. The van der Waals surface area contributed by atoms with Gasteiger partial charge in [0.15, 0.2) is 0 Å². The molecule has 6 nitrogen and oxygen atoms in total. The van der Waals surface area contributed by atoms with Crippen LogP contribution in [0.5, 0.6) is 0 Å². The Bertz CT molecular complexity index is 395. The van der Waals surface area contributed by atoms with Crippen LogP contribution in [-0.2, 0) is 19.1 Å². The van der Waals surface area contributed by atoms with Crippen molar-refractivity contribution in [2.45, 2.75) is 31.5 Å². The van der Waals surface area contributed by atoms with Crippen molar-refractivity contribution in [3.8, 4) is 0 Å². The molecule has 1 amide bonds. The molecule has 0 bridgehead atoms. The number of esters is 1. The van der Waals surface area contributed by atoms with Crippen molar-refractivity contribution in [1.29, 1.82) is 0 Å². The van der Waals surface area contributed by atoms with E-state index in [0.717, 1.165) is 5.32 Å². The lowest BCUT2D eigenvalue weighted by Crippen LogP contribution is -2.55. The zero-order chi connectivity index (χ0) is 16.1. The quantitative estimate of drug-likeness (QED) is 0.557. The van der Waals surface area contributed by atoms with E-state index in [1.54, 1.807) is 0 Å². The average molecular weight is 307 g/mol. The van der Waals surface area contributed by atoms with Crippen LogP contribution in [-0.4, -0.2) is 47.7 Å². The van der Waals surface area contributed by atoms with Gasteiger partial charge in [0.2, 0.25) is 0 Å². The predicted molar refractivity (Wildman–Crippen MR) is 51.8 cm³/mol. The number of amides is 1. The van der Waals surface area contributed by atoms with Gasteiger partial charge in [0.05, 0.1) is 13.0 Å². The van der Waals surface area contributed by atoms with Crippen molar-refractivity contribution in [3.05, 3.63) is 0 Å². The number of carboxylic acid groups (broad SMARTS) is 1. The fraction of sp³-hybridized carbons (Fsp3) is 0.667. The first kappa shape index (κ1) is 18.1. The molecular weight excluding hydrogens is 297 g/mol. The van der Waals surface area contributed by atoms with Crippen LogP contribution in [0.4, 0.5) is 22.0 Å². The fourth-order valence-electron chi connectivity index (χ4n) is 0.988. The van der Waals surface area contributed by atoms with Gasteiger partial charge in [-0.1, -0.05) is 0 Å². The predicted octanol–water partition coefficient (Wildman–Crippen LogP) is 0.707. The average Bonchev–Trinajstić information content (AvgIpc) is 2.26. The second-order valence-corrected chi connectivity index (χ2v) is 3.45. The molecule has 0 heterocycles. The number of alkyl halides is 5. The summed E-state index contributed by atoms with van der Waals surface area (Å²) in [6, 6.07) is -2.15. The second kappa shape index (κ2) is 6.48. The Hall–Kier alpha value is -1.94. The van der Waals surface area contributed by atoms with Crippen LogP contribution in [0.15, 0.2) is 0 Å². The standard InChI is InChI=1S/C9H10F5NO5/c1-2-20-6(18)4(3-5(16)17)15-7(19)8(10,11)9(12,13)14/h4H,2-3H2,1H3,(H,15,19)(H,16,17)/t4-/m0/s1. The van der Waals surface area contributed by atoms with E-state index in [1.165, 1.54) is 6.92 Å². The van der Waals surface area contributed by atoms with Gasteiger partial charge in [-0.2, -0.15) is 22.0 Å². The molecule has 0 unspecified atom stereocenters. The Balaban J connectivity index is 5.03. The molecule has 0 saturated heterocycles. The summed E-state index contributed by atoms with van der Waals surface area (Å²) in [6.07, 6.45) is -7.36. The van der Waals surface area contributed by atoms with Gasteiger partial charge in [0.1, 0.15) is 6.04 Å². The van der Waals surface area contributed by atoms with Crippen LogP contribution in [0.25, 0.3) is 0 Å². The molecule has 20 heavy (non-hydrogen) atoms. The summed E-state index contributed by atoms with van der Waals surface area (Å²) in [5, 5.41) is 9.42.